The normalized spacial score (nSPS) is 12.0. The quantitative estimate of drug-likeness (QED) is 0.915. The first-order valence-corrected chi connectivity index (χ1v) is 6.20. The van der Waals surface area contributed by atoms with E-state index in [4.69, 9.17) is 15.2 Å². The molecule has 0 radical (unpaired) electrons. The zero-order valence-electron chi connectivity index (χ0n) is 11.5. The monoisotopic (exact) mass is 257 g/mol. The molecule has 1 atom stereocenters. The number of benzene rings is 2. The van der Waals surface area contributed by atoms with Crippen molar-refractivity contribution in [1.29, 1.82) is 0 Å². The smallest absolute Gasteiger partial charge is 0.123 e. The summed E-state index contributed by atoms with van der Waals surface area (Å²) in [6.45, 7) is 2.04. The van der Waals surface area contributed by atoms with Gasteiger partial charge in [0, 0.05) is 11.1 Å². The van der Waals surface area contributed by atoms with Crippen molar-refractivity contribution in [3.63, 3.8) is 0 Å². The zero-order valence-corrected chi connectivity index (χ0v) is 11.5. The maximum absolute atomic E-state index is 6.38. The van der Waals surface area contributed by atoms with Crippen LogP contribution in [-0.4, -0.2) is 14.2 Å². The molecule has 2 rings (SSSR count). The minimum atomic E-state index is -0.272. The van der Waals surface area contributed by atoms with E-state index in [0.29, 0.717) is 0 Å². The molecule has 0 aliphatic carbocycles. The van der Waals surface area contributed by atoms with Crippen molar-refractivity contribution in [3.05, 3.63) is 59.2 Å². The molecule has 2 aromatic rings. The number of rotatable bonds is 4. The van der Waals surface area contributed by atoms with Crippen molar-refractivity contribution in [2.75, 3.05) is 14.2 Å². The molecule has 0 heterocycles. The minimum absolute atomic E-state index is 0.272. The predicted octanol–water partition coefficient (Wildman–Crippen LogP) is 3.06. The van der Waals surface area contributed by atoms with Crippen molar-refractivity contribution < 1.29 is 9.47 Å². The second-order valence-electron chi connectivity index (χ2n) is 4.47. The molecule has 3 heteroatoms. The largest absolute Gasteiger partial charge is 0.496 e. The highest BCUT2D eigenvalue weighted by molar-refractivity contribution is 5.47. The Bertz CT molecular complexity index is 566. The molecular weight excluding hydrogens is 238 g/mol. The molecule has 100 valence electrons. The molecule has 2 N–H and O–H groups in total. The molecule has 0 aromatic heterocycles. The van der Waals surface area contributed by atoms with Crippen LogP contribution in [0.1, 0.15) is 22.7 Å². The molecule has 0 amide bonds. The Morgan fingerprint density at radius 2 is 1.53 bits per heavy atom. The van der Waals surface area contributed by atoms with Crippen LogP contribution >= 0.6 is 0 Å². The third-order valence-corrected chi connectivity index (χ3v) is 3.19. The van der Waals surface area contributed by atoms with Gasteiger partial charge in [-0.15, -0.1) is 0 Å². The van der Waals surface area contributed by atoms with Crippen LogP contribution in [0.5, 0.6) is 11.5 Å². The lowest BCUT2D eigenvalue weighted by Gasteiger charge is -2.19. The van der Waals surface area contributed by atoms with E-state index in [1.165, 1.54) is 0 Å². The Morgan fingerprint density at radius 3 is 2.21 bits per heavy atom. The number of hydrogen-bond donors (Lipinski definition) is 1. The van der Waals surface area contributed by atoms with E-state index in [-0.39, 0.29) is 6.04 Å². The van der Waals surface area contributed by atoms with Crippen molar-refractivity contribution in [2.45, 2.75) is 13.0 Å². The first kappa shape index (κ1) is 13.4. The van der Waals surface area contributed by atoms with Crippen molar-refractivity contribution >= 4 is 0 Å². The Balaban J connectivity index is 2.49. The summed E-state index contributed by atoms with van der Waals surface area (Å²) in [4.78, 5) is 0. The van der Waals surface area contributed by atoms with Crippen LogP contribution in [0.25, 0.3) is 0 Å². The van der Waals surface area contributed by atoms with Crippen LogP contribution < -0.4 is 15.2 Å². The van der Waals surface area contributed by atoms with Crippen molar-refractivity contribution in [2.24, 2.45) is 5.73 Å². The van der Waals surface area contributed by atoms with E-state index in [1.807, 2.05) is 43.3 Å². The van der Waals surface area contributed by atoms with Crippen LogP contribution in [0.2, 0.25) is 0 Å². The fourth-order valence-corrected chi connectivity index (χ4v) is 2.19. The van der Waals surface area contributed by atoms with E-state index < -0.39 is 0 Å². The van der Waals surface area contributed by atoms with Crippen LogP contribution in [0.15, 0.2) is 42.5 Å². The van der Waals surface area contributed by atoms with Gasteiger partial charge in [0.05, 0.1) is 20.3 Å². The van der Waals surface area contributed by atoms with Crippen LogP contribution in [-0.2, 0) is 0 Å². The van der Waals surface area contributed by atoms with Gasteiger partial charge >= 0.3 is 0 Å². The molecule has 3 nitrogen and oxygen atoms in total. The molecule has 0 spiro atoms. The summed E-state index contributed by atoms with van der Waals surface area (Å²) in [5, 5.41) is 0. The summed E-state index contributed by atoms with van der Waals surface area (Å²) in [5.41, 5.74) is 9.45. The summed E-state index contributed by atoms with van der Waals surface area (Å²) >= 11 is 0. The highest BCUT2D eigenvalue weighted by atomic mass is 16.5. The number of nitrogens with two attached hydrogens (primary N) is 1. The molecule has 19 heavy (non-hydrogen) atoms. The maximum atomic E-state index is 6.38. The van der Waals surface area contributed by atoms with Gasteiger partial charge in [-0.05, 0) is 19.1 Å². The average molecular weight is 257 g/mol. The van der Waals surface area contributed by atoms with Gasteiger partial charge in [-0.3, -0.25) is 0 Å². The molecule has 1 unspecified atom stereocenters. The van der Waals surface area contributed by atoms with Gasteiger partial charge in [0.25, 0.3) is 0 Å². The van der Waals surface area contributed by atoms with Crippen LogP contribution in [0, 0.1) is 6.92 Å². The van der Waals surface area contributed by atoms with E-state index in [1.54, 1.807) is 14.2 Å². The van der Waals surface area contributed by atoms with Crippen LogP contribution in [0.3, 0.4) is 0 Å². The SMILES string of the molecule is COc1ccccc1C(N)c1cc(C)ccc1OC. The maximum Gasteiger partial charge on any atom is 0.123 e. The van der Waals surface area contributed by atoms with E-state index >= 15 is 0 Å². The number of aryl methyl sites for hydroxylation is 1. The summed E-state index contributed by atoms with van der Waals surface area (Å²) in [5.74, 6) is 1.59. The van der Waals surface area contributed by atoms with Crippen molar-refractivity contribution in [1.82, 2.24) is 0 Å². The van der Waals surface area contributed by atoms with Gasteiger partial charge < -0.3 is 15.2 Å². The Morgan fingerprint density at radius 1 is 0.895 bits per heavy atom. The second kappa shape index (κ2) is 5.76. The molecule has 2 aromatic carbocycles. The Kier molecular flexibility index (Phi) is 4.07. The van der Waals surface area contributed by atoms with Gasteiger partial charge in [0.1, 0.15) is 11.5 Å². The third kappa shape index (κ3) is 2.71. The summed E-state index contributed by atoms with van der Waals surface area (Å²) in [7, 11) is 3.31. The van der Waals surface area contributed by atoms with E-state index in [2.05, 4.69) is 6.07 Å². The Labute approximate surface area is 114 Å². The molecule has 0 aliphatic heterocycles. The minimum Gasteiger partial charge on any atom is -0.496 e. The van der Waals surface area contributed by atoms with Gasteiger partial charge in [-0.25, -0.2) is 0 Å². The number of methoxy groups -OCH3 is 2. The number of para-hydroxylation sites is 1. The highest BCUT2D eigenvalue weighted by Gasteiger charge is 2.17. The number of ether oxygens (including phenoxy) is 2. The van der Waals surface area contributed by atoms with E-state index in [9.17, 15) is 0 Å². The lowest BCUT2D eigenvalue weighted by Crippen LogP contribution is -2.14. The molecule has 0 bridgehead atoms. The molecule has 0 saturated carbocycles. The lowest BCUT2D eigenvalue weighted by molar-refractivity contribution is 0.400. The number of hydrogen-bond acceptors (Lipinski definition) is 3. The highest BCUT2D eigenvalue weighted by Crippen LogP contribution is 2.33. The van der Waals surface area contributed by atoms with Gasteiger partial charge in [0.15, 0.2) is 0 Å². The molecule has 0 aliphatic rings. The van der Waals surface area contributed by atoms with Crippen molar-refractivity contribution in [3.8, 4) is 11.5 Å². The first-order chi connectivity index (χ1) is 9.17. The third-order valence-electron chi connectivity index (χ3n) is 3.19. The molecule has 0 saturated heterocycles. The average Bonchev–Trinajstić information content (AvgIpc) is 2.46. The van der Waals surface area contributed by atoms with E-state index in [0.717, 1.165) is 28.2 Å². The molecule has 0 fully saturated rings. The fraction of sp³-hybridized carbons (Fsp3) is 0.250. The lowest BCUT2D eigenvalue weighted by atomic mass is 9.96. The topological polar surface area (TPSA) is 44.5 Å². The first-order valence-electron chi connectivity index (χ1n) is 6.20. The standard InChI is InChI=1S/C16H19NO2/c1-11-8-9-15(19-3)13(10-11)16(17)12-6-4-5-7-14(12)18-2/h4-10,16H,17H2,1-3H3. The Hall–Kier alpha value is -2.00. The summed E-state index contributed by atoms with van der Waals surface area (Å²) in [6, 6.07) is 13.5. The van der Waals surface area contributed by atoms with Gasteiger partial charge in [-0.2, -0.15) is 0 Å². The summed E-state index contributed by atoms with van der Waals surface area (Å²) < 4.78 is 10.8. The van der Waals surface area contributed by atoms with Gasteiger partial charge in [-0.1, -0.05) is 35.9 Å². The predicted molar refractivity (Wildman–Crippen MR) is 76.8 cm³/mol. The zero-order chi connectivity index (χ0) is 13.8. The fourth-order valence-electron chi connectivity index (χ4n) is 2.19. The van der Waals surface area contributed by atoms with Gasteiger partial charge in [0.2, 0.25) is 0 Å². The second-order valence-corrected chi connectivity index (χ2v) is 4.47. The van der Waals surface area contributed by atoms with Crippen LogP contribution in [0.4, 0.5) is 0 Å². The summed E-state index contributed by atoms with van der Waals surface area (Å²) in [6.07, 6.45) is 0. The molecular formula is C16H19NO2.